The molecule has 1 saturated carbocycles. The van der Waals surface area contributed by atoms with Crippen LogP contribution in [-0.2, 0) is 4.79 Å². The summed E-state index contributed by atoms with van der Waals surface area (Å²) in [6, 6.07) is 0.685. The lowest BCUT2D eigenvalue weighted by molar-refractivity contribution is -0.128. The van der Waals surface area contributed by atoms with Crippen molar-refractivity contribution < 1.29 is 4.79 Å². The summed E-state index contributed by atoms with van der Waals surface area (Å²) in [7, 11) is 1.90. The first-order valence-electron chi connectivity index (χ1n) is 6.71. The summed E-state index contributed by atoms with van der Waals surface area (Å²) in [5.41, 5.74) is 0. The molecule has 1 N–H and O–H groups in total. The number of amides is 1. The lowest BCUT2D eigenvalue weighted by Gasteiger charge is -2.30. The third kappa shape index (κ3) is 2.57. The van der Waals surface area contributed by atoms with Crippen molar-refractivity contribution in [1.29, 1.82) is 0 Å². The number of hydrogen-bond acceptors (Lipinski definition) is 2. The largest absolute Gasteiger partial charge is 0.344 e. The van der Waals surface area contributed by atoms with Gasteiger partial charge in [-0.3, -0.25) is 4.79 Å². The number of likely N-dealkylation sites (tertiary alicyclic amines) is 1. The minimum Gasteiger partial charge on any atom is -0.344 e. The molecule has 92 valence electrons. The first-order valence-corrected chi connectivity index (χ1v) is 6.71. The molecule has 2 aliphatic rings. The minimum atomic E-state index is 0.102. The van der Waals surface area contributed by atoms with Crippen LogP contribution in [-0.4, -0.2) is 36.5 Å². The number of rotatable bonds is 3. The van der Waals surface area contributed by atoms with Gasteiger partial charge in [-0.05, 0) is 25.2 Å². The number of likely N-dealkylation sites (N-methyl/N-ethyl adjacent to an activating group) is 1. The topological polar surface area (TPSA) is 32.3 Å². The third-order valence-electron chi connectivity index (χ3n) is 4.22. The summed E-state index contributed by atoms with van der Waals surface area (Å²) in [5, 5.41) is 3.57. The average molecular weight is 224 g/mol. The monoisotopic (exact) mass is 224 g/mol. The molecule has 1 amide bonds. The molecule has 0 radical (unpaired) electrons. The van der Waals surface area contributed by atoms with Gasteiger partial charge in [0.25, 0.3) is 0 Å². The Kier molecular flexibility index (Phi) is 3.85. The standard InChI is InChI=1S/C13H24N2O/c1-3-10-5-4-6-11(9-10)14-12-7-8-15(2)13(12)16/h10-12,14H,3-9H2,1-2H3. The van der Waals surface area contributed by atoms with E-state index in [1.807, 2.05) is 11.9 Å². The van der Waals surface area contributed by atoms with E-state index >= 15 is 0 Å². The molecule has 2 fully saturated rings. The van der Waals surface area contributed by atoms with Gasteiger partial charge in [0.15, 0.2) is 0 Å². The highest BCUT2D eigenvalue weighted by atomic mass is 16.2. The van der Waals surface area contributed by atoms with Crippen LogP contribution in [0.2, 0.25) is 0 Å². The Hall–Kier alpha value is -0.570. The zero-order chi connectivity index (χ0) is 11.5. The predicted molar refractivity (Wildman–Crippen MR) is 65.2 cm³/mol. The van der Waals surface area contributed by atoms with Crippen LogP contribution in [0.1, 0.15) is 45.4 Å². The van der Waals surface area contributed by atoms with Crippen LogP contribution < -0.4 is 5.32 Å². The van der Waals surface area contributed by atoms with Crippen molar-refractivity contribution in [2.24, 2.45) is 5.92 Å². The van der Waals surface area contributed by atoms with Gasteiger partial charge >= 0.3 is 0 Å². The molecule has 1 heterocycles. The molecule has 1 aliphatic carbocycles. The van der Waals surface area contributed by atoms with Gasteiger partial charge in [0, 0.05) is 19.6 Å². The molecule has 1 saturated heterocycles. The van der Waals surface area contributed by atoms with E-state index in [0.717, 1.165) is 18.9 Å². The van der Waals surface area contributed by atoms with Crippen molar-refractivity contribution in [1.82, 2.24) is 10.2 Å². The van der Waals surface area contributed by atoms with Crippen LogP contribution in [0.5, 0.6) is 0 Å². The normalized spacial score (nSPS) is 35.8. The summed E-state index contributed by atoms with van der Waals surface area (Å²) in [5.74, 6) is 1.17. The molecule has 1 aliphatic heterocycles. The maximum absolute atomic E-state index is 11.8. The molecule has 0 spiro atoms. The summed E-state index contributed by atoms with van der Waals surface area (Å²) in [6.07, 6.45) is 7.51. The fraction of sp³-hybridized carbons (Fsp3) is 0.923. The third-order valence-corrected chi connectivity index (χ3v) is 4.22. The molecule has 0 aromatic rings. The van der Waals surface area contributed by atoms with Crippen LogP contribution in [0.15, 0.2) is 0 Å². The van der Waals surface area contributed by atoms with Gasteiger partial charge in [-0.25, -0.2) is 0 Å². The van der Waals surface area contributed by atoms with Crippen molar-refractivity contribution >= 4 is 5.91 Å². The molecule has 2 rings (SSSR count). The van der Waals surface area contributed by atoms with Crippen molar-refractivity contribution in [3.63, 3.8) is 0 Å². The van der Waals surface area contributed by atoms with Crippen LogP contribution in [0, 0.1) is 5.92 Å². The Morgan fingerprint density at radius 1 is 1.38 bits per heavy atom. The Morgan fingerprint density at radius 3 is 2.81 bits per heavy atom. The number of hydrogen-bond donors (Lipinski definition) is 1. The molecule has 0 aromatic heterocycles. The minimum absolute atomic E-state index is 0.102. The van der Waals surface area contributed by atoms with E-state index in [0.29, 0.717) is 11.9 Å². The summed E-state index contributed by atoms with van der Waals surface area (Å²) in [4.78, 5) is 13.6. The van der Waals surface area contributed by atoms with Gasteiger partial charge in [-0.1, -0.05) is 26.2 Å². The first kappa shape index (κ1) is 11.9. The number of nitrogens with zero attached hydrogens (tertiary/aromatic N) is 1. The molecule has 16 heavy (non-hydrogen) atoms. The first-order chi connectivity index (χ1) is 7.70. The van der Waals surface area contributed by atoms with Gasteiger partial charge < -0.3 is 10.2 Å². The van der Waals surface area contributed by atoms with E-state index in [1.54, 1.807) is 0 Å². The van der Waals surface area contributed by atoms with E-state index < -0.39 is 0 Å². The van der Waals surface area contributed by atoms with Crippen LogP contribution in [0.25, 0.3) is 0 Å². The molecular weight excluding hydrogens is 200 g/mol. The van der Waals surface area contributed by atoms with E-state index in [9.17, 15) is 4.79 Å². The molecule has 3 atom stereocenters. The van der Waals surface area contributed by atoms with Gasteiger partial charge in [0.2, 0.25) is 5.91 Å². The molecular formula is C13H24N2O. The SMILES string of the molecule is CCC1CCCC(NC2CCN(C)C2=O)C1. The summed E-state index contributed by atoms with van der Waals surface area (Å²) < 4.78 is 0. The average Bonchev–Trinajstić information content (AvgIpc) is 2.61. The van der Waals surface area contributed by atoms with Crippen LogP contribution in [0.3, 0.4) is 0 Å². The molecule has 0 aromatic carbocycles. The van der Waals surface area contributed by atoms with E-state index in [2.05, 4.69) is 12.2 Å². The molecule has 0 bridgehead atoms. The second-order valence-electron chi connectivity index (χ2n) is 5.41. The molecule has 3 nitrogen and oxygen atoms in total. The van der Waals surface area contributed by atoms with E-state index in [-0.39, 0.29) is 6.04 Å². The maximum Gasteiger partial charge on any atom is 0.239 e. The maximum atomic E-state index is 11.8. The highest BCUT2D eigenvalue weighted by Gasteiger charge is 2.31. The Morgan fingerprint density at radius 2 is 2.19 bits per heavy atom. The Balaban J connectivity index is 1.83. The predicted octanol–water partition coefficient (Wildman–Crippen LogP) is 1.78. The van der Waals surface area contributed by atoms with Crippen molar-refractivity contribution in [3.8, 4) is 0 Å². The lowest BCUT2D eigenvalue weighted by Crippen LogP contribution is -2.44. The molecule has 3 unspecified atom stereocenters. The fourth-order valence-corrected chi connectivity index (χ4v) is 3.07. The summed E-state index contributed by atoms with van der Waals surface area (Å²) >= 11 is 0. The van der Waals surface area contributed by atoms with Gasteiger partial charge in [0.05, 0.1) is 6.04 Å². The number of carbonyl (C=O) groups excluding carboxylic acids is 1. The zero-order valence-corrected chi connectivity index (χ0v) is 10.5. The number of carbonyl (C=O) groups is 1. The van der Waals surface area contributed by atoms with Gasteiger partial charge in [0.1, 0.15) is 0 Å². The smallest absolute Gasteiger partial charge is 0.239 e. The van der Waals surface area contributed by atoms with Crippen molar-refractivity contribution in [2.75, 3.05) is 13.6 Å². The van der Waals surface area contributed by atoms with Crippen LogP contribution >= 0.6 is 0 Å². The lowest BCUT2D eigenvalue weighted by atomic mass is 9.84. The van der Waals surface area contributed by atoms with Crippen molar-refractivity contribution in [3.05, 3.63) is 0 Å². The second kappa shape index (κ2) is 5.17. The van der Waals surface area contributed by atoms with Crippen LogP contribution in [0.4, 0.5) is 0 Å². The Labute approximate surface area is 98.6 Å². The quantitative estimate of drug-likeness (QED) is 0.792. The van der Waals surface area contributed by atoms with E-state index in [1.165, 1.54) is 32.1 Å². The highest BCUT2D eigenvalue weighted by Crippen LogP contribution is 2.27. The second-order valence-corrected chi connectivity index (χ2v) is 5.41. The Bertz CT molecular complexity index is 254. The highest BCUT2D eigenvalue weighted by molar-refractivity contribution is 5.83. The van der Waals surface area contributed by atoms with E-state index in [4.69, 9.17) is 0 Å². The van der Waals surface area contributed by atoms with Crippen molar-refractivity contribution in [2.45, 2.75) is 57.5 Å². The zero-order valence-electron chi connectivity index (χ0n) is 10.5. The fourth-order valence-electron chi connectivity index (χ4n) is 3.07. The van der Waals surface area contributed by atoms with Gasteiger partial charge in [-0.15, -0.1) is 0 Å². The summed E-state index contributed by atoms with van der Waals surface area (Å²) in [6.45, 7) is 3.20. The van der Waals surface area contributed by atoms with Gasteiger partial charge in [-0.2, -0.15) is 0 Å². The number of nitrogens with one attached hydrogen (secondary N) is 1. The molecule has 3 heteroatoms.